The van der Waals surface area contributed by atoms with E-state index in [-0.39, 0.29) is 5.69 Å². The Morgan fingerprint density at radius 1 is 1.40 bits per heavy atom. The van der Waals surface area contributed by atoms with Gasteiger partial charge in [-0.15, -0.1) is 0 Å². The number of nitrogens with one attached hydrogen (secondary N) is 1. The fraction of sp³-hybridized carbons (Fsp3) is 0.231. The van der Waals surface area contributed by atoms with E-state index in [1.54, 1.807) is 19.2 Å². The van der Waals surface area contributed by atoms with Crippen molar-refractivity contribution in [1.82, 2.24) is 10.2 Å². The zero-order valence-corrected chi connectivity index (χ0v) is 11.7. The largest absolute Gasteiger partial charge is 0.496 e. The van der Waals surface area contributed by atoms with Crippen molar-refractivity contribution in [3.05, 3.63) is 34.5 Å². The van der Waals surface area contributed by atoms with Crippen LogP contribution in [-0.4, -0.2) is 35.5 Å². The van der Waals surface area contributed by atoms with E-state index in [0.717, 1.165) is 5.56 Å². The molecule has 0 unspecified atom stereocenters. The number of nitrogens with zero attached hydrogens (tertiary/aromatic N) is 1. The molecule has 6 nitrogen and oxygen atoms in total. The van der Waals surface area contributed by atoms with E-state index >= 15 is 0 Å². The van der Waals surface area contributed by atoms with Crippen LogP contribution in [0.25, 0.3) is 11.3 Å². The predicted molar refractivity (Wildman–Crippen MR) is 73.3 cm³/mol. The molecule has 0 aliphatic carbocycles. The average Bonchev–Trinajstić information content (AvgIpc) is 2.87. The number of methoxy groups -OCH3 is 2. The van der Waals surface area contributed by atoms with Crippen molar-refractivity contribution in [2.75, 3.05) is 14.2 Å². The summed E-state index contributed by atoms with van der Waals surface area (Å²) in [6.07, 6.45) is 0. The number of hydrogen-bond donors (Lipinski definition) is 2. The minimum Gasteiger partial charge on any atom is -0.496 e. The maximum atomic E-state index is 10.9. The number of aromatic carboxylic acids is 1. The van der Waals surface area contributed by atoms with E-state index in [2.05, 4.69) is 10.2 Å². The molecule has 0 aliphatic rings. The summed E-state index contributed by atoms with van der Waals surface area (Å²) in [6, 6.07) is 4.82. The number of aromatic nitrogens is 2. The molecule has 0 radical (unpaired) electrons. The first-order chi connectivity index (χ1) is 9.56. The number of carboxylic acids is 1. The van der Waals surface area contributed by atoms with Gasteiger partial charge in [0.05, 0.1) is 19.4 Å². The highest BCUT2D eigenvalue weighted by Crippen LogP contribution is 2.35. The lowest BCUT2D eigenvalue weighted by Crippen LogP contribution is -1.97. The van der Waals surface area contributed by atoms with E-state index in [9.17, 15) is 4.79 Å². The highest BCUT2D eigenvalue weighted by molar-refractivity contribution is 6.31. The second-order valence-corrected chi connectivity index (χ2v) is 4.48. The summed E-state index contributed by atoms with van der Waals surface area (Å²) in [4.78, 5) is 10.9. The van der Waals surface area contributed by atoms with Crippen LogP contribution in [0.2, 0.25) is 5.02 Å². The Balaban J connectivity index is 2.59. The van der Waals surface area contributed by atoms with Crippen LogP contribution >= 0.6 is 11.6 Å². The van der Waals surface area contributed by atoms with Gasteiger partial charge in [0.25, 0.3) is 0 Å². The number of carbonyl (C=O) groups is 1. The number of H-pyrrole nitrogens is 1. The lowest BCUT2D eigenvalue weighted by molar-refractivity contribution is 0.0690. The van der Waals surface area contributed by atoms with Crippen LogP contribution in [0.5, 0.6) is 5.75 Å². The molecule has 106 valence electrons. The second-order valence-electron chi connectivity index (χ2n) is 4.05. The summed E-state index contributed by atoms with van der Waals surface area (Å²) in [5.41, 5.74) is 1.88. The third kappa shape index (κ3) is 2.76. The first-order valence-electron chi connectivity index (χ1n) is 5.71. The van der Waals surface area contributed by atoms with Gasteiger partial charge in [0, 0.05) is 17.7 Å². The minimum atomic E-state index is -1.08. The third-order valence-electron chi connectivity index (χ3n) is 2.73. The number of benzene rings is 1. The normalized spacial score (nSPS) is 10.6. The number of hydrogen-bond acceptors (Lipinski definition) is 4. The van der Waals surface area contributed by atoms with E-state index in [0.29, 0.717) is 28.6 Å². The van der Waals surface area contributed by atoms with Gasteiger partial charge in [-0.3, -0.25) is 5.10 Å². The van der Waals surface area contributed by atoms with Crippen LogP contribution in [0, 0.1) is 0 Å². The van der Waals surface area contributed by atoms with Crippen LogP contribution in [0.15, 0.2) is 18.2 Å². The van der Waals surface area contributed by atoms with Crippen LogP contribution in [0.1, 0.15) is 16.1 Å². The van der Waals surface area contributed by atoms with Crippen molar-refractivity contribution < 1.29 is 19.4 Å². The second kappa shape index (κ2) is 5.94. The summed E-state index contributed by atoms with van der Waals surface area (Å²) in [7, 11) is 3.07. The summed E-state index contributed by atoms with van der Waals surface area (Å²) in [5.74, 6) is -0.571. The number of ether oxygens (including phenoxy) is 2. The fourth-order valence-corrected chi connectivity index (χ4v) is 2.15. The van der Waals surface area contributed by atoms with Gasteiger partial charge in [0.15, 0.2) is 0 Å². The molecular weight excluding hydrogens is 284 g/mol. The monoisotopic (exact) mass is 296 g/mol. The number of carboxylic acid groups (broad SMARTS) is 1. The molecule has 0 amide bonds. The molecule has 2 N–H and O–H groups in total. The van der Waals surface area contributed by atoms with Crippen molar-refractivity contribution in [3.63, 3.8) is 0 Å². The van der Waals surface area contributed by atoms with E-state index in [1.165, 1.54) is 13.2 Å². The van der Waals surface area contributed by atoms with E-state index in [1.807, 2.05) is 0 Å². The molecule has 2 rings (SSSR count). The maximum absolute atomic E-state index is 10.9. The molecule has 7 heteroatoms. The van der Waals surface area contributed by atoms with Crippen LogP contribution in [-0.2, 0) is 11.3 Å². The number of aromatic amines is 1. The van der Waals surface area contributed by atoms with Gasteiger partial charge < -0.3 is 14.6 Å². The van der Waals surface area contributed by atoms with E-state index < -0.39 is 5.97 Å². The number of rotatable bonds is 5. The van der Waals surface area contributed by atoms with Crippen LogP contribution < -0.4 is 4.74 Å². The Kier molecular flexibility index (Phi) is 4.26. The first kappa shape index (κ1) is 14.4. The molecule has 1 aromatic heterocycles. The van der Waals surface area contributed by atoms with Gasteiger partial charge in [-0.25, -0.2) is 4.79 Å². The minimum absolute atomic E-state index is 0.000342. The van der Waals surface area contributed by atoms with Gasteiger partial charge in [-0.05, 0) is 23.8 Å². The third-order valence-corrected chi connectivity index (χ3v) is 2.95. The van der Waals surface area contributed by atoms with Crippen molar-refractivity contribution >= 4 is 17.6 Å². The van der Waals surface area contributed by atoms with Crippen LogP contribution in [0.4, 0.5) is 0 Å². The van der Waals surface area contributed by atoms with Crippen LogP contribution in [0.3, 0.4) is 0 Å². The SMILES string of the molecule is COCc1cc(Cl)cc(OC)c1-c1cc(C(=O)O)[nH]n1. The zero-order valence-electron chi connectivity index (χ0n) is 10.9. The topological polar surface area (TPSA) is 84.4 Å². The molecule has 0 fully saturated rings. The Hall–Kier alpha value is -2.05. The van der Waals surface area contributed by atoms with Crippen molar-refractivity contribution in [3.8, 4) is 17.0 Å². The van der Waals surface area contributed by atoms with Crippen molar-refractivity contribution in [1.29, 1.82) is 0 Å². The highest BCUT2D eigenvalue weighted by Gasteiger charge is 2.18. The number of halogens is 1. The Labute approximate surface area is 120 Å². The first-order valence-corrected chi connectivity index (χ1v) is 6.09. The molecule has 2 aromatic rings. The van der Waals surface area contributed by atoms with Gasteiger partial charge in [0.1, 0.15) is 11.4 Å². The smallest absolute Gasteiger partial charge is 0.353 e. The molecule has 20 heavy (non-hydrogen) atoms. The Morgan fingerprint density at radius 3 is 2.70 bits per heavy atom. The molecule has 0 aliphatic heterocycles. The highest BCUT2D eigenvalue weighted by atomic mass is 35.5. The molecule has 0 saturated carbocycles. The maximum Gasteiger partial charge on any atom is 0.353 e. The molecular formula is C13H13ClN2O4. The molecule has 1 heterocycles. The molecule has 0 saturated heterocycles. The van der Waals surface area contributed by atoms with Crippen molar-refractivity contribution in [2.45, 2.75) is 6.61 Å². The summed E-state index contributed by atoms with van der Waals surface area (Å²) >= 11 is 6.02. The Morgan fingerprint density at radius 2 is 2.15 bits per heavy atom. The lowest BCUT2D eigenvalue weighted by Gasteiger charge is -2.12. The fourth-order valence-electron chi connectivity index (χ4n) is 1.92. The molecule has 0 bridgehead atoms. The van der Waals surface area contributed by atoms with Gasteiger partial charge in [0.2, 0.25) is 0 Å². The van der Waals surface area contributed by atoms with Gasteiger partial charge in [-0.1, -0.05) is 11.6 Å². The lowest BCUT2D eigenvalue weighted by atomic mass is 10.0. The predicted octanol–water partition coefficient (Wildman–Crippen LogP) is 2.58. The summed E-state index contributed by atoms with van der Waals surface area (Å²) < 4.78 is 10.4. The van der Waals surface area contributed by atoms with Gasteiger partial charge in [-0.2, -0.15) is 5.10 Å². The quantitative estimate of drug-likeness (QED) is 0.886. The average molecular weight is 297 g/mol. The molecule has 0 spiro atoms. The standard InChI is InChI=1S/C13H13ClN2O4/c1-19-6-7-3-8(14)4-11(20-2)12(7)9-5-10(13(17)18)16-15-9/h3-5H,6H2,1-2H3,(H,15,16)(H,17,18). The summed E-state index contributed by atoms with van der Waals surface area (Å²) in [5, 5.41) is 15.9. The zero-order chi connectivity index (χ0) is 14.7. The van der Waals surface area contributed by atoms with Crippen molar-refractivity contribution in [2.24, 2.45) is 0 Å². The van der Waals surface area contributed by atoms with Gasteiger partial charge >= 0.3 is 5.97 Å². The van der Waals surface area contributed by atoms with E-state index in [4.69, 9.17) is 26.2 Å². The Bertz CT molecular complexity index is 639. The molecule has 0 atom stereocenters. The molecule has 1 aromatic carbocycles. The summed E-state index contributed by atoms with van der Waals surface area (Å²) in [6.45, 7) is 0.307.